The number of nitrogens with two attached hydrogens (primary N) is 1. The Labute approximate surface area is 126 Å². The number of para-hydroxylation sites is 1. The molecule has 2 aromatic carbocycles. The molecule has 104 valence electrons. The molecule has 0 fully saturated rings. The number of rotatable bonds is 5. The van der Waals surface area contributed by atoms with Gasteiger partial charge in [0.25, 0.3) is 0 Å². The van der Waals surface area contributed by atoms with Gasteiger partial charge in [0.15, 0.2) is 0 Å². The lowest BCUT2D eigenvalue weighted by Crippen LogP contribution is -2.32. The van der Waals surface area contributed by atoms with Gasteiger partial charge in [-0.1, -0.05) is 54.7 Å². The topological polar surface area (TPSA) is 29.3 Å². The zero-order valence-electron chi connectivity index (χ0n) is 11.9. The molecule has 2 rings (SSSR count). The van der Waals surface area contributed by atoms with Gasteiger partial charge in [-0.3, -0.25) is 0 Å². The van der Waals surface area contributed by atoms with Gasteiger partial charge in [-0.15, -0.1) is 0 Å². The van der Waals surface area contributed by atoms with Crippen molar-refractivity contribution in [2.45, 2.75) is 26.4 Å². The Morgan fingerprint density at radius 1 is 1.05 bits per heavy atom. The van der Waals surface area contributed by atoms with Crippen molar-refractivity contribution < 1.29 is 0 Å². The third-order valence-electron chi connectivity index (χ3n) is 3.30. The number of benzene rings is 2. The standard InChI is InChI=1S/C17H20N2S/c1-13(2)19(12-14-8-4-3-5-9-14)16-11-7-6-10-15(16)17(18)20/h3-11,13H,12H2,1-2H3,(H2,18,20). The maximum absolute atomic E-state index is 5.85. The van der Waals surface area contributed by atoms with Gasteiger partial charge in [0.1, 0.15) is 4.99 Å². The molecule has 0 atom stereocenters. The van der Waals surface area contributed by atoms with E-state index in [-0.39, 0.29) is 0 Å². The second-order valence-corrected chi connectivity index (χ2v) is 5.53. The molecule has 2 nitrogen and oxygen atoms in total. The van der Waals surface area contributed by atoms with E-state index in [1.807, 2.05) is 24.3 Å². The third kappa shape index (κ3) is 3.36. The van der Waals surface area contributed by atoms with Gasteiger partial charge >= 0.3 is 0 Å². The van der Waals surface area contributed by atoms with E-state index >= 15 is 0 Å². The van der Waals surface area contributed by atoms with Crippen LogP contribution in [0.1, 0.15) is 25.0 Å². The van der Waals surface area contributed by atoms with Crippen molar-refractivity contribution in [1.29, 1.82) is 0 Å². The van der Waals surface area contributed by atoms with Gasteiger partial charge in [-0.2, -0.15) is 0 Å². The average Bonchev–Trinajstić information content (AvgIpc) is 2.45. The summed E-state index contributed by atoms with van der Waals surface area (Å²) in [5, 5.41) is 0. The van der Waals surface area contributed by atoms with E-state index in [4.69, 9.17) is 18.0 Å². The molecule has 0 heterocycles. The van der Waals surface area contributed by atoms with Gasteiger partial charge in [-0.25, -0.2) is 0 Å². The maximum Gasteiger partial charge on any atom is 0.106 e. The largest absolute Gasteiger partial charge is 0.389 e. The molecule has 2 aromatic rings. The molecule has 0 saturated heterocycles. The smallest absolute Gasteiger partial charge is 0.106 e. The summed E-state index contributed by atoms with van der Waals surface area (Å²) in [6.45, 7) is 5.21. The molecular weight excluding hydrogens is 264 g/mol. The molecule has 0 spiro atoms. The fourth-order valence-electron chi connectivity index (χ4n) is 2.26. The highest BCUT2D eigenvalue weighted by Gasteiger charge is 2.15. The molecule has 0 aliphatic carbocycles. The van der Waals surface area contributed by atoms with E-state index < -0.39 is 0 Å². The summed E-state index contributed by atoms with van der Waals surface area (Å²) < 4.78 is 0. The van der Waals surface area contributed by atoms with E-state index in [1.165, 1.54) is 5.56 Å². The van der Waals surface area contributed by atoms with Crippen molar-refractivity contribution in [3.8, 4) is 0 Å². The molecule has 0 aliphatic heterocycles. The second-order valence-electron chi connectivity index (χ2n) is 5.09. The first-order valence-corrected chi connectivity index (χ1v) is 7.20. The Kier molecular flexibility index (Phi) is 4.74. The van der Waals surface area contributed by atoms with Crippen LogP contribution in [0.2, 0.25) is 0 Å². The Bertz CT molecular complexity index is 579. The molecule has 3 heteroatoms. The minimum absolute atomic E-state index is 0.366. The highest BCUT2D eigenvalue weighted by Crippen LogP contribution is 2.24. The molecule has 0 unspecified atom stereocenters. The first-order valence-electron chi connectivity index (χ1n) is 6.79. The van der Waals surface area contributed by atoms with Crippen LogP contribution in [0, 0.1) is 0 Å². The van der Waals surface area contributed by atoms with Crippen LogP contribution in [0.25, 0.3) is 0 Å². The molecule has 0 saturated carbocycles. The molecular formula is C17H20N2S. The van der Waals surface area contributed by atoms with Crippen LogP contribution in [0.3, 0.4) is 0 Å². The van der Waals surface area contributed by atoms with E-state index in [0.717, 1.165) is 17.8 Å². The predicted molar refractivity (Wildman–Crippen MR) is 90.1 cm³/mol. The normalized spacial score (nSPS) is 10.6. The fourth-order valence-corrected chi connectivity index (χ4v) is 2.43. The minimum Gasteiger partial charge on any atom is -0.389 e. The SMILES string of the molecule is CC(C)N(Cc1ccccc1)c1ccccc1C(N)=S. The molecule has 0 bridgehead atoms. The Morgan fingerprint density at radius 2 is 1.65 bits per heavy atom. The highest BCUT2D eigenvalue weighted by molar-refractivity contribution is 7.80. The molecule has 0 amide bonds. The van der Waals surface area contributed by atoms with Crippen molar-refractivity contribution in [3.63, 3.8) is 0 Å². The van der Waals surface area contributed by atoms with Gasteiger partial charge in [0, 0.05) is 23.8 Å². The van der Waals surface area contributed by atoms with Crippen LogP contribution in [-0.2, 0) is 6.54 Å². The number of nitrogens with zero attached hydrogens (tertiary/aromatic N) is 1. The van der Waals surface area contributed by atoms with Gasteiger partial charge in [0.05, 0.1) is 0 Å². The lowest BCUT2D eigenvalue weighted by Gasteiger charge is -2.31. The van der Waals surface area contributed by atoms with Crippen molar-refractivity contribution in [2.75, 3.05) is 4.90 Å². The number of hydrogen-bond acceptors (Lipinski definition) is 2. The monoisotopic (exact) mass is 284 g/mol. The van der Waals surface area contributed by atoms with Gasteiger partial charge in [0.2, 0.25) is 0 Å². The molecule has 0 aromatic heterocycles. The molecule has 2 N–H and O–H groups in total. The fraction of sp³-hybridized carbons (Fsp3) is 0.235. The van der Waals surface area contributed by atoms with E-state index in [9.17, 15) is 0 Å². The molecule has 20 heavy (non-hydrogen) atoms. The van der Waals surface area contributed by atoms with E-state index in [2.05, 4.69) is 49.1 Å². The van der Waals surface area contributed by atoms with Crippen molar-refractivity contribution >= 4 is 22.9 Å². The minimum atomic E-state index is 0.366. The summed E-state index contributed by atoms with van der Waals surface area (Å²) in [5.74, 6) is 0. The summed E-state index contributed by atoms with van der Waals surface area (Å²) >= 11 is 5.17. The highest BCUT2D eigenvalue weighted by atomic mass is 32.1. The first-order chi connectivity index (χ1) is 9.59. The maximum atomic E-state index is 5.85. The van der Waals surface area contributed by atoms with Crippen LogP contribution in [0.5, 0.6) is 0 Å². The second kappa shape index (κ2) is 6.53. The van der Waals surface area contributed by atoms with Gasteiger partial charge < -0.3 is 10.6 Å². The summed E-state index contributed by atoms with van der Waals surface area (Å²) in [4.78, 5) is 2.77. The van der Waals surface area contributed by atoms with Crippen molar-refractivity contribution in [3.05, 3.63) is 65.7 Å². The summed E-state index contributed by atoms with van der Waals surface area (Å²) in [6.07, 6.45) is 0. The Balaban J connectivity index is 2.37. The van der Waals surface area contributed by atoms with Crippen LogP contribution >= 0.6 is 12.2 Å². The van der Waals surface area contributed by atoms with Gasteiger partial charge in [-0.05, 0) is 31.5 Å². The molecule has 0 aliphatic rings. The zero-order valence-corrected chi connectivity index (χ0v) is 12.7. The summed E-state index contributed by atoms with van der Waals surface area (Å²) in [7, 11) is 0. The van der Waals surface area contributed by atoms with Crippen LogP contribution < -0.4 is 10.6 Å². The summed E-state index contributed by atoms with van der Waals surface area (Å²) in [6, 6.07) is 18.9. The van der Waals surface area contributed by atoms with E-state index in [1.54, 1.807) is 0 Å². The number of thiocarbonyl (C=S) groups is 1. The van der Waals surface area contributed by atoms with Crippen molar-refractivity contribution in [1.82, 2.24) is 0 Å². The quantitative estimate of drug-likeness (QED) is 0.848. The first kappa shape index (κ1) is 14.5. The van der Waals surface area contributed by atoms with E-state index in [0.29, 0.717) is 11.0 Å². The predicted octanol–water partition coefficient (Wildman–Crippen LogP) is 3.74. The lowest BCUT2D eigenvalue weighted by molar-refractivity contribution is 0.682. The molecule has 0 radical (unpaired) electrons. The summed E-state index contributed by atoms with van der Waals surface area (Å²) in [5.41, 5.74) is 9.16. The Hall–Kier alpha value is -1.87. The average molecular weight is 284 g/mol. The lowest BCUT2D eigenvalue weighted by atomic mass is 10.1. The van der Waals surface area contributed by atoms with Crippen LogP contribution in [0.15, 0.2) is 54.6 Å². The third-order valence-corrected chi connectivity index (χ3v) is 3.52. The number of hydrogen-bond donors (Lipinski definition) is 1. The Morgan fingerprint density at radius 3 is 2.25 bits per heavy atom. The van der Waals surface area contributed by atoms with Crippen LogP contribution in [0.4, 0.5) is 5.69 Å². The number of anilines is 1. The zero-order chi connectivity index (χ0) is 14.5. The van der Waals surface area contributed by atoms with Crippen molar-refractivity contribution in [2.24, 2.45) is 5.73 Å². The van der Waals surface area contributed by atoms with Crippen LogP contribution in [-0.4, -0.2) is 11.0 Å².